The maximum absolute atomic E-state index is 13.6. The fourth-order valence-corrected chi connectivity index (χ4v) is 3.23. The van der Waals surface area contributed by atoms with Gasteiger partial charge in [-0.05, 0) is 24.3 Å². The molecule has 1 aromatic heterocycles. The maximum Gasteiger partial charge on any atom is 0.323 e. The first kappa shape index (κ1) is 13.8. The topological polar surface area (TPSA) is 104 Å². The Balaban J connectivity index is 2.03. The Kier molecular flexibility index (Phi) is 2.76. The Hall–Kier alpha value is -2.80. The molecule has 0 saturated heterocycles. The van der Waals surface area contributed by atoms with Gasteiger partial charge in [0, 0.05) is 21.8 Å². The van der Waals surface area contributed by atoms with Gasteiger partial charge in [-0.3, -0.25) is 4.79 Å². The van der Waals surface area contributed by atoms with E-state index in [1.54, 1.807) is 6.07 Å². The van der Waals surface area contributed by atoms with Gasteiger partial charge in [0.25, 0.3) is 5.91 Å². The molecular formula is C15H10ClFN4O2. The lowest BCUT2D eigenvalue weighted by atomic mass is 9.95. The number of carbonyl (C=O) groups is 1. The van der Waals surface area contributed by atoms with E-state index in [1.165, 1.54) is 18.2 Å². The molecule has 0 spiro atoms. The minimum absolute atomic E-state index is 0.267. The van der Waals surface area contributed by atoms with Crippen LogP contribution in [0.25, 0.3) is 11.0 Å². The average Bonchev–Trinajstić information content (AvgIpc) is 3.02. The summed E-state index contributed by atoms with van der Waals surface area (Å²) in [5, 5.41) is 3.05. The lowest BCUT2D eigenvalue weighted by molar-refractivity contribution is 0.0961. The van der Waals surface area contributed by atoms with Gasteiger partial charge in [-0.15, -0.1) is 0 Å². The average molecular weight is 333 g/mol. The molecule has 3 aromatic rings. The van der Waals surface area contributed by atoms with Gasteiger partial charge in [-0.2, -0.15) is 0 Å². The van der Waals surface area contributed by atoms with Gasteiger partial charge in [0.15, 0.2) is 0 Å². The Morgan fingerprint density at radius 3 is 2.74 bits per heavy atom. The van der Waals surface area contributed by atoms with E-state index in [0.717, 1.165) is 0 Å². The maximum atomic E-state index is 13.6. The van der Waals surface area contributed by atoms with Crippen molar-refractivity contribution in [3.63, 3.8) is 0 Å². The van der Waals surface area contributed by atoms with Gasteiger partial charge in [0.1, 0.15) is 5.82 Å². The third-order valence-corrected chi connectivity index (χ3v) is 4.29. The number of nitrogens with two attached hydrogens (primary N) is 1. The van der Waals surface area contributed by atoms with Gasteiger partial charge in [0.05, 0.1) is 22.6 Å². The largest absolute Gasteiger partial charge is 0.398 e. The van der Waals surface area contributed by atoms with Crippen molar-refractivity contribution >= 4 is 34.2 Å². The number of rotatable bonds is 1. The second-order valence-corrected chi connectivity index (χ2v) is 5.74. The number of benzene rings is 2. The quantitative estimate of drug-likeness (QED) is 0.513. The lowest BCUT2D eigenvalue weighted by Crippen LogP contribution is -2.20. The monoisotopic (exact) mass is 332 g/mol. The number of aromatic amines is 2. The second kappa shape index (κ2) is 4.60. The molecule has 1 aliphatic heterocycles. The minimum Gasteiger partial charge on any atom is -0.398 e. The predicted octanol–water partition coefficient (Wildman–Crippen LogP) is 2.06. The number of amides is 1. The molecule has 0 fully saturated rings. The molecule has 4 rings (SSSR count). The highest BCUT2D eigenvalue weighted by atomic mass is 35.5. The van der Waals surface area contributed by atoms with E-state index >= 15 is 0 Å². The summed E-state index contributed by atoms with van der Waals surface area (Å²) >= 11 is 6.14. The molecule has 6 nitrogen and oxygen atoms in total. The van der Waals surface area contributed by atoms with Crippen molar-refractivity contribution in [2.75, 3.05) is 5.73 Å². The molecule has 5 N–H and O–H groups in total. The Labute approximate surface area is 133 Å². The van der Waals surface area contributed by atoms with Crippen molar-refractivity contribution in [2.45, 2.75) is 6.04 Å². The summed E-state index contributed by atoms with van der Waals surface area (Å²) in [6.45, 7) is 0. The third kappa shape index (κ3) is 1.93. The first-order chi connectivity index (χ1) is 11.0. The Morgan fingerprint density at radius 1 is 1.17 bits per heavy atom. The van der Waals surface area contributed by atoms with E-state index in [1.807, 2.05) is 0 Å². The van der Waals surface area contributed by atoms with Crippen molar-refractivity contribution in [2.24, 2.45) is 0 Å². The zero-order chi connectivity index (χ0) is 16.3. The number of hydrogen-bond donors (Lipinski definition) is 4. The molecule has 1 aliphatic rings. The van der Waals surface area contributed by atoms with Crippen LogP contribution in [0.3, 0.4) is 0 Å². The number of H-pyrrole nitrogens is 2. The molecule has 8 heteroatoms. The van der Waals surface area contributed by atoms with Crippen LogP contribution in [0, 0.1) is 5.82 Å². The summed E-state index contributed by atoms with van der Waals surface area (Å²) in [5.74, 6) is -0.875. The number of hydrogen-bond acceptors (Lipinski definition) is 3. The minimum atomic E-state index is -0.677. The van der Waals surface area contributed by atoms with Crippen molar-refractivity contribution in [3.8, 4) is 0 Å². The SMILES string of the molecule is Nc1cc2[nH]c(=O)[nH]c2c2c1C(c1cc(F)ccc1Cl)NC2=O. The van der Waals surface area contributed by atoms with Crippen LogP contribution >= 0.6 is 11.6 Å². The number of halogens is 2. The first-order valence-electron chi connectivity index (χ1n) is 6.76. The van der Waals surface area contributed by atoms with Crippen LogP contribution in [0.2, 0.25) is 5.02 Å². The summed E-state index contributed by atoms with van der Waals surface area (Å²) in [6, 6.07) is 4.80. The summed E-state index contributed by atoms with van der Waals surface area (Å²) in [7, 11) is 0. The molecule has 0 aliphatic carbocycles. The lowest BCUT2D eigenvalue weighted by Gasteiger charge is -2.15. The molecule has 1 atom stereocenters. The molecule has 0 saturated carbocycles. The molecule has 0 bridgehead atoms. The molecule has 0 radical (unpaired) electrons. The number of nitrogens with one attached hydrogen (secondary N) is 3. The fraction of sp³-hybridized carbons (Fsp3) is 0.0667. The highest BCUT2D eigenvalue weighted by Gasteiger charge is 2.35. The third-order valence-electron chi connectivity index (χ3n) is 3.95. The van der Waals surface area contributed by atoms with E-state index in [-0.39, 0.29) is 5.56 Å². The van der Waals surface area contributed by atoms with Gasteiger partial charge in [-0.1, -0.05) is 11.6 Å². The molecular weight excluding hydrogens is 323 g/mol. The molecule has 2 heterocycles. The smallest absolute Gasteiger partial charge is 0.323 e. The van der Waals surface area contributed by atoms with E-state index in [4.69, 9.17) is 17.3 Å². The highest BCUT2D eigenvalue weighted by molar-refractivity contribution is 6.31. The van der Waals surface area contributed by atoms with E-state index in [2.05, 4.69) is 15.3 Å². The number of imidazole rings is 1. The number of nitrogen functional groups attached to an aromatic ring is 1. The van der Waals surface area contributed by atoms with Crippen molar-refractivity contribution < 1.29 is 9.18 Å². The van der Waals surface area contributed by atoms with Crippen LogP contribution in [-0.2, 0) is 0 Å². The van der Waals surface area contributed by atoms with E-state index < -0.39 is 23.5 Å². The zero-order valence-corrected chi connectivity index (χ0v) is 12.3. The standard InChI is InChI=1S/C15H10ClFN4O2/c16-7-2-1-5(17)3-6(7)12-10-8(18)4-9-13(21-15(23)19-9)11(10)14(22)20-12/h1-4,12H,18H2,(H,20,22)(H2,19,21,23). The van der Waals surface area contributed by atoms with Crippen LogP contribution in [-0.4, -0.2) is 15.9 Å². The van der Waals surface area contributed by atoms with Crippen molar-refractivity contribution in [1.29, 1.82) is 0 Å². The molecule has 1 unspecified atom stereocenters. The normalized spacial score (nSPS) is 16.6. The highest BCUT2D eigenvalue weighted by Crippen LogP contribution is 2.40. The van der Waals surface area contributed by atoms with Gasteiger partial charge in [-0.25, -0.2) is 9.18 Å². The Bertz CT molecular complexity index is 1040. The number of fused-ring (bicyclic) bond motifs is 3. The van der Waals surface area contributed by atoms with Gasteiger partial charge in [0.2, 0.25) is 0 Å². The molecule has 2 aromatic carbocycles. The predicted molar refractivity (Wildman–Crippen MR) is 84.1 cm³/mol. The van der Waals surface area contributed by atoms with Crippen LogP contribution in [0.1, 0.15) is 27.5 Å². The summed E-state index contributed by atoms with van der Waals surface area (Å²) in [5.41, 5.74) is 7.89. The van der Waals surface area contributed by atoms with Crippen molar-refractivity contribution in [3.05, 3.63) is 62.3 Å². The summed E-state index contributed by atoms with van der Waals surface area (Å²) < 4.78 is 13.6. The summed E-state index contributed by atoms with van der Waals surface area (Å²) in [4.78, 5) is 29.0. The Morgan fingerprint density at radius 2 is 1.96 bits per heavy atom. The first-order valence-corrected chi connectivity index (χ1v) is 7.13. The molecule has 116 valence electrons. The van der Waals surface area contributed by atoms with Crippen LogP contribution in [0.4, 0.5) is 10.1 Å². The fourth-order valence-electron chi connectivity index (χ4n) is 3.01. The van der Waals surface area contributed by atoms with E-state index in [9.17, 15) is 14.0 Å². The van der Waals surface area contributed by atoms with Crippen LogP contribution < -0.4 is 16.7 Å². The number of aromatic nitrogens is 2. The molecule has 23 heavy (non-hydrogen) atoms. The molecule has 1 amide bonds. The second-order valence-electron chi connectivity index (χ2n) is 5.33. The van der Waals surface area contributed by atoms with E-state index in [0.29, 0.717) is 32.9 Å². The zero-order valence-electron chi connectivity index (χ0n) is 11.5. The number of anilines is 1. The van der Waals surface area contributed by atoms with Crippen LogP contribution in [0.15, 0.2) is 29.1 Å². The summed E-state index contributed by atoms with van der Waals surface area (Å²) in [6.07, 6.45) is 0. The van der Waals surface area contributed by atoms with Gasteiger partial charge < -0.3 is 21.0 Å². The van der Waals surface area contributed by atoms with Crippen LogP contribution in [0.5, 0.6) is 0 Å². The van der Waals surface area contributed by atoms with Crippen molar-refractivity contribution in [1.82, 2.24) is 15.3 Å². The van der Waals surface area contributed by atoms with Gasteiger partial charge >= 0.3 is 5.69 Å². The number of carbonyl (C=O) groups excluding carboxylic acids is 1.